The molecule has 0 spiro atoms. The van der Waals surface area contributed by atoms with Crippen molar-refractivity contribution < 1.29 is 9.53 Å². The van der Waals surface area contributed by atoms with Crippen LogP contribution in [-0.4, -0.2) is 57.5 Å². The van der Waals surface area contributed by atoms with Gasteiger partial charge in [0.15, 0.2) is 0 Å². The molecular formula is C19H26N6O2. The molecule has 0 unspecified atom stereocenters. The molecule has 1 N–H and O–H groups in total. The molecule has 1 aliphatic rings. The van der Waals surface area contributed by atoms with E-state index in [4.69, 9.17) is 4.74 Å². The zero-order chi connectivity index (χ0) is 19.4. The van der Waals surface area contributed by atoms with Crippen molar-refractivity contribution in [1.82, 2.24) is 24.8 Å². The van der Waals surface area contributed by atoms with Gasteiger partial charge in [0.1, 0.15) is 18.2 Å². The lowest BCUT2D eigenvalue weighted by molar-refractivity contribution is -0.136. The maximum atomic E-state index is 12.2. The van der Waals surface area contributed by atoms with E-state index < -0.39 is 0 Å². The third-order valence-electron chi connectivity index (χ3n) is 4.54. The van der Waals surface area contributed by atoms with Crippen LogP contribution in [0, 0.1) is 20.8 Å². The number of ether oxygens (including phenoxy) is 1. The first-order valence-electron chi connectivity index (χ1n) is 9.16. The van der Waals surface area contributed by atoms with E-state index in [-0.39, 0.29) is 18.4 Å². The minimum atomic E-state index is 0.0231. The van der Waals surface area contributed by atoms with Crippen molar-refractivity contribution in [2.75, 3.05) is 32.1 Å². The molecule has 0 radical (unpaired) electrons. The number of carbonyl (C=O) groups is 1. The Bertz CT molecular complexity index is 806. The number of aromatic nitrogens is 4. The quantitative estimate of drug-likeness (QED) is 0.863. The second kappa shape index (κ2) is 8.39. The van der Waals surface area contributed by atoms with Gasteiger partial charge in [0.25, 0.3) is 0 Å². The van der Waals surface area contributed by atoms with Crippen molar-refractivity contribution in [3.63, 3.8) is 0 Å². The van der Waals surface area contributed by atoms with Crippen LogP contribution in [0.15, 0.2) is 12.1 Å². The van der Waals surface area contributed by atoms with Gasteiger partial charge in [0.2, 0.25) is 11.9 Å². The van der Waals surface area contributed by atoms with Gasteiger partial charge in [0, 0.05) is 43.6 Å². The van der Waals surface area contributed by atoms with Gasteiger partial charge in [-0.05, 0) is 39.7 Å². The lowest BCUT2D eigenvalue weighted by Crippen LogP contribution is -2.41. The number of rotatable bonds is 5. The third kappa shape index (κ3) is 4.97. The highest BCUT2D eigenvalue weighted by molar-refractivity contribution is 5.77. The predicted molar refractivity (Wildman–Crippen MR) is 102 cm³/mol. The van der Waals surface area contributed by atoms with E-state index in [0.717, 1.165) is 36.5 Å². The molecule has 3 rings (SSSR count). The Balaban J connectivity index is 1.79. The molecule has 0 aliphatic carbocycles. The molecule has 0 aromatic carbocycles. The molecule has 1 amide bonds. The molecule has 8 heteroatoms. The van der Waals surface area contributed by atoms with Crippen LogP contribution in [0.25, 0.3) is 0 Å². The van der Waals surface area contributed by atoms with Crippen LogP contribution in [0.4, 0.5) is 11.8 Å². The molecule has 27 heavy (non-hydrogen) atoms. The number of amides is 1. The molecule has 0 saturated carbocycles. The molecular weight excluding hydrogens is 344 g/mol. The number of hydrogen-bond donors (Lipinski definition) is 1. The van der Waals surface area contributed by atoms with Crippen molar-refractivity contribution in [2.45, 2.75) is 39.5 Å². The Morgan fingerprint density at radius 1 is 1.19 bits per heavy atom. The predicted octanol–water partition coefficient (Wildman–Crippen LogP) is 2.29. The Kier molecular flexibility index (Phi) is 5.95. The first-order chi connectivity index (χ1) is 12.9. The summed E-state index contributed by atoms with van der Waals surface area (Å²) >= 11 is 0. The first-order valence-corrected chi connectivity index (χ1v) is 9.16. The first kappa shape index (κ1) is 19.2. The standard InChI is InChI=1S/C19H26N6O2/c1-12-8-13(2)21-19(20-12)24-17-9-16(22-14(3)23-17)15-6-5-7-25(10-15)18(26)11-27-4/h8-9,15H,5-7,10-11H2,1-4H3,(H,20,21,22,23,24)/t15-/m0/s1. The Morgan fingerprint density at radius 3 is 2.63 bits per heavy atom. The second-order valence-electron chi connectivity index (χ2n) is 6.94. The SMILES string of the molecule is COCC(=O)N1CCC[C@H](c2cc(Nc3nc(C)cc(C)n3)nc(C)n2)C1. The number of hydrogen-bond acceptors (Lipinski definition) is 7. The van der Waals surface area contributed by atoms with Crippen LogP contribution >= 0.6 is 0 Å². The van der Waals surface area contributed by atoms with E-state index in [0.29, 0.717) is 24.1 Å². The maximum absolute atomic E-state index is 12.2. The van der Waals surface area contributed by atoms with E-state index in [9.17, 15) is 4.79 Å². The van der Waals surface area contributed by atoms with Gasteiger partial charge in [-0.25, -0.2) is 19.9 Å². The number of carbonyl (C=O) groups excluding carboxylic acids is 1. The van der Waals surface area contributed by atoms with Crippen molar-refractivity contribution in [2.24, 2.45) is 0 Å². The van der Waals surface area contributed by atoms with Crippen LogP contribution in [0.1, 0.15) is 41.7 Å². The highest BCUT2D eigenvalue weighted by atomic mass is 16.5. The number of likely N-dealkylation sites (tertiary alicyclic amines) is 1. The second-order valence-corrected chi connectivity index (χ2v) is 6.94. The van der Waals surface area contributed by atoms with Crippen molar-refractivity contribution in [3.8, 4) is 0 Å². The summed E-state index contributed by atoms with van der Waals surface area (Å²) in [4.78, 5) is 31.9. The van der Waals surface area contributed by atoms with Crippen molar-refractivity contribution in [1.29, 1.82) is 0 Å². The van der Waals surface area contributed by atoms with Gasteiger partial charge in [0.05, 0.1) is 5.69 Å². The summed E-state index contributed by atoms with van der Waals surface area (Å²) in [5, 5.41) is 3.19. The van der Waals surface area contributed by atoms with E-state index in [1.165, 1.54) is 0 Å². The zero-order valence-corrected chi connectivity index (χ0v) is 16.3. The van der Waals surface area contributed by atoms with E-state index >= 15 is 0 Å². The molecule has 1 aliphatic heterocycles. The molecule has 1 atom stereocenters. The minimum Gasteiger partial charge on any atom is -0.375 e. The summed E-state index contributed by atoms with van der Waals surface area (Å²) in [6.07, 6.45) is 1.94. The van der Waals surface area contributed by atoms with Crippen molar-refractivity contribution in [3.05, 3.63) is 35.0 Å². The average Bonchev–Trinajstić information content (AvgIpc) is 2.60. The summed E-state index contributed by atoms with van der Waals surface area (Å²) in [6.45, 7) is 7.27. The fourth-order valence-electron chi connectivity index (χ4n) is 3.42. The molecule has 0 bridgehead atoms. The maximum Gasteiger partial charge on any atom is 0.248 e. The van der Waals surface area contributed by atoms with E-state index in [1.54, 1.807) is 7.11 Å². The van der Waals surface area contributed by atoms with Gasteiger partial charge in [-0.15, -0.1) is 0 Å². The smallest absolute Gasteiger partial charge is 0.248 e. The summed E-state index contributed by atoms with van der Waals surface area (Å²) in [5.41, 5.74) is 2.73. The van der Waals surface area contributed by atoms with Crippen LogP contribution in [0.2, 0.25) is 0 Å². The van der Waals surface area contributed by atoms with Crippen LogP contribution in [-0.2, 0) is 9.53 Å². The highest BCUT2D eigenvalue weighted by Crippen LogP contribution is 2.27. The van der Waals surface area contributed by atoms with Gasteiger partial charge < -0.3 is 15.0 Å². The largest absolute Gasteiger partial charge is 0.375 e. The minimum absolute atomic E-state index is 0.0231. The summed E-state index contributed by atoms with van der Waals surface area (Å²) in [6, 6.07) is 3.86. The molecule has 2 aromatic heterocycles. The number of aryl methyl sites for hydroxylation is 3. The average molecular weight is 370 g/mol. The molecule has 144 valence electrons. The topological polar surface area (TPSA) is 93.1 Å². The molecule has 8 nitrogen and oxygen atoms in total. The lowest BCUT2D eigenvalue weighted by Gasteiger charge is -2.32. The normalized spacial score (nSPS) is 17.0. The van der Waals surface area contributed by atoms with Gasteiger partial charge >= 0.3 is 0 Å². The molecule has 2 aromatic rings. The van der Waals surface area contributed by atoms with Crippen molar-refractivity contribution >= 4 is 17.7 Å². The van der Waals surface area contributed by atoms with E-state index in [1.807, 2.05) is 37.8 Å². The number of anilines is 2. The van der Waals surface area contributed by atoms with Gasteiger partial charge in [-0.3, -0.25) is 4.79 Å². The van der Waals surface area contributed by atoms with Gasteiger partial charge in [-0.1, -0.05) is 0 Å². The van der Waals surface area contributed by atoms with Gasteiger partial charge in [-0.2, -0.15) is 0 Å². The number of nitrogens with zero attached hydrogens (tertiary/aromatic N) is 5. The monoisotopic (exact) mass is 370 g/mol. The van der Waals surface area contributed by atoms with E-state index in [2.05, 4.69) is 25.3 Å². The Morgan fingerprint density at radius 2 is 1.93 bits per heavy atom. The lowest BCUT2D eigenvalue weighted by atomic mass is 9.94. The number of piperidine rings is 1. The number of methoxy groups -OCH3 is 1. The number of nitrogens with one attached hydrogen (secondary N) is 1. The molecule has 1 fully saturated rings. The zero-order valence-electron chi connectivity index (χ0n) is 16.3. The van der Waals surface area contributed by atoms with Crippen LogP contribution in [0.3, 0.4) is 0 Å². The van der Waals surface area contributed by atoms with Crippen LogP contribution < -0.4 is 5.32 Å². The summed E-state index contributed by atoms with van der Waals surface area (Å²) in [5.74, 6) is 2.08. The Hall–Kier alpha value is -2.61. The third-order valence-corrected chi connectivity index (χ3v) is 4.54. The van der Waals surface area contributed by atoms with Crippen LogP contribution in [0.5, 0.6) is 0 Å². The molecule has 1 saturated heterocycles. The summed E-state index contributed by atoms with van der Waals surface area (Å²) in [7, 11) is 1.54. The highest BCUT2D eigenvalue weighted by Gasteiger charge is 2.26. The summed E-state index contributed by atoms with van der Waals surface area (Å²) < 4.78 is 4.98. The fourth-order valence-corrected chi connectivity index (χ4v) is 3.42. The fraction of sp³-hybridized carbons (Fsp3) is 0.526. The Labute approximate surface area is 159 Å². The molecule has 3 heterocycles.